The zero-order valence-corrected chi connectivity index (χ0v) is 13.7. The Morgan fingerprint density at radius 1 is 1.00 bits per heavy atom. The minimum Gasteiger partial charge on any atom is -0.496 e. The normalized spacial score (nSPS) is 11.0. The van der Waals surface area contributed by atoms with E-state index in [0.717, 1.165) is 17.0 Å². The fraction of sp³-hybridized carbons (Fsp3) is 0.278. The van der Waals surface area contributed by atoms with E-state index in [2.05, 4.69) is 24.1 Å². The molecule has 0 amide bonds. The molecule has 0 radical (unpaired) electrons. The Bertz CT molecular complexity index is 707. The van der Waals surface area contributed by atoms with Crippen LogP contribution in [0.1, 0.15) is 32.3 Å². The quantitative estimate of drug-likeness (QED) is 0.435. The number of hydrogen-bond donors (Lipinski definition) is 0. The molecule has 0 heterocycles. The summed E-state index contributed by atoms with van der Waals surface area (Å²) in [5, 5.41) is 8.44. The Labute approximate surface area is 136 Å². The predicted molar refractivity (Wildman–Crippen MR) is 89.0 cm³/mol. The highest BCUT2D eigenvalue weighted by Gasteiger charge is 2.08. The van der Waals surface area contributed by atoms with Gasteiger partial charge in [0.05, 0.1) is 18.5 Å². The predicted octanol–water partition coefficient (Wildman–Crippen LogP) is 5.16. The Hall–Kier alpha value is -2.69. The number of carbonyl (C=O) groups excluding carboxylic acids is 1. The lowest BCUT2D eigenvalue weighted by Crippen LogP contribution is -2.00. The fourth-order valence-electron chi connectivity index (χ4n) is 2.10. The first-order valence-electron chi connectivity index (χ1n) is 7.37. The average Bonchev–Trinajstić information content (AvgIpc) is 2.53. The van der Waals surface area contributed by atoms with Crippen molar-refractivity contribution in [2.24, 2.45) is 10.2 Å². The molecular formula is C18H20N2O3. The van der Waals surface area contributed by atoms with E-state index in [1.807, 2.05) is 18.2 Å². The number of nitrogens with zero attached hydrogens (tertiary/aromatic N) is 2. The summed E-state index contributed by atoms with van der Waals surface area (Å²) >= 11 is 0. The summed E-state index contributed by atoms with van der Waals surface area (Å²) in [4.78, 5) is 10.9. The molecule has 2 rings (SSSR count). The van der Waals surface area contributed by atoms with Crippen molar-refractivity contribution in [3.63, 3.8) is 0 Å². The lowest BCUT2D eigenvalue weighted by atomic mass is 10.0. The van der Waals surface area contributed by atoms with Crippen LogP contribution in [0.25, 0.3) is 0 Å². The lowest BCUT2D eigenvalue weighted by Gasteiger charge is -2.11. The zero-order valence-electron chi connectivity index (χ0n) is 13.7. The third-order valence-electron chi connectivity index (χ3n) is 3.21. The smallest absolute Gasteiger partial charge is 0.308 e. The van der Waals surface area contributed by atoms with Gasteiger partial charge in [-0.05, 0) is 53.9 Å². The number of methoxy groups -OCH3 is 1. The number of carbonyl (C=O) groups is 1. The van der Waals surface area contributed by atoms with E-state index in [-0.39, 0.29) is 5.97 Å². The average molecular weight is 312 g/mol. The molecule has 0 atom stereocenters. The molecule has 0 saturated carbocycles. The van der Waals surface area contributed by atoms with Crippen molar-refractivity contribution in [3.8, 4) is 11.5 Å². The highest BCUT2D eigenvalue weighted by atomic mass is 16.5. The van der Waals surface area contributed by atoms with Crippen LogP contribution in [0.3, 0.4) is 0 Å². The molecule has 0 aliphatic rings. The minimum atomic E-state index is -0.348. The summed E-state index contributed by atoms with van der Waals surface area (Å²) in [6.07, 6.45) is 0. The molecule has 0 bridgehead atoms. The van der Waals surface area contributed by atoms with Crippen LogP contribution in [0.5, 0.6) is 11.5 Å². The maximum absolute atomic E-state index is 10.9. The van der Waals surface area contributed by atoms with E-state index < -0.39 is 0 Å². The molecule has 0 aromatic heterocycles. The number of esters is 1. The second-order valence-corrected chi connectivity index (χ2v) is 5.37. The lowest BCUT2D eigenvalue weighted by molar-refractivity contribution is -0.131. The van der Waals surface area contributed by atoms with E-state index in [4.69, 9.17) is 9.47 Å². The number of azo groups is 1. The highest BCUT2D eigenvalue weighted by molar-refractivity contribution is 5.69. The first-order valence-corrected chi connectivity index (χ1v) is 7.37. The van der Waals surface area contributed by atoms with Crippen molar-refractivity contribution in [3.05, 3.63) is 48.0 Å². The first-order chi connectivity index (χ1) is 11.0. The summed E-state index contributed by atoms with van der Waals surface area (Å²) in [6.45, 7) is 5.57. The standard InChI is InChI=1S/C18H20N2O3/c1-12(2)17-11-15(7-10-18(17)22-4)20-19-14-5-8-16(9-6-14)23-13(3)21/h5-12H,1-4H3. The van der Waals surface area contributed by atoms with Gasteiger partial charge in [0.15, 0.2) is 0 Å². The number of hydrogen-bond acceptors (Lipinski definition) is 5. The van der Waals surface area contributed by atoms with E-state index in [1.54, 1.807) is 31.4 Å². The summed E-state index contributed by atoms with van der Waals surface area (Å²) in [5.74, 6) is 1.33. The third kappa shape index (κ3) is 4.64. The van der Waals surface area contributed by atoms with Crippen LogP contribution in [0.2, 0.25) is 0 Å². The van der Waals surface area contributed by atoms with Crippen molar-refractivity contribution in [2.75, 3.05) is 7.11 Å². The van der Waals surface area contributed by atoms with Gasteiger partial charge >= 0.3 is 5.97 Å². The van der Waals surface area contributed by atoms with Gasteiger partial charge in [0.1, 0.15) is 11.5 Å². The number of benzene rings is 2. The van der Waals surface area contributed by atoms with E-state index in [0.29, 0.717) is 17.4 Å². The first kappa shape index (κ1) is 16.7. The zero-order chi connectivity index (χ0) is 16.8. The van der Waals surface area contributed by atoms with Crippen molar-refractivity contribution < 1.29 is 14.3 Å². The van der Waals surface area contributed by atoms with Crippen LogP contribution in [0, 0.1) is 0 Å². The molecule has 0 spiro atoms. The van der Waals surface area contributed by atoms with Crippen LogP contribution in [0.4, 0.5) is 11.4 Å². The summed E-state index contributed by atoms with van der Waals surface area (Å²) in [5.41, 5.74) is 2.54. The molecule has 0 fully saturated rings. The van der Waals surface area contributed by atoms with E-state index in [9.17, 15) is 4.79 Å². The maximum atomic E-state index is 10.9. The Morgan fingerprint density at radius 3 is 2.17 bits per heavy atom. The van der Waals surface area contributed by atoms with Crippen LogP contribution >= 0.6 is 0 Å². The van der Waals surface area contributed by atoms with Crippen molar-refractivity contribution in [1.82, 2.24) is 0 Å². The largest absolute Gasteiger partial charge is 0.496 e. The fourth-order valence-corrected chi connectivity index (χ4v) is 2.10. The van der Waals surface area contributed by atoms with Crippen molar-refractivity contribution >= 4 is 17.3 Å². The van der Waals surface area contributed by atoms with E-state index >= 15 is 0 Å². The van der Waals surface area contributed by atoms with Crippen LogP contribution in [-0.2, 0) is 4.79 Å². The van der Waals surface area contributed by atoms with Crippen molar-refractivity contribution in [1.29, 1.82) is 0 Å². The maximum Gasteiger partial charge on any atom is 0.308 e. The molecule has 23 heavy (non-hydrogen) atoms. The van der Waals surface area contributed by atoms with Gasteiger partial charge < -0.3 is 9.47 Å². The summed E-state index contributed by atoms with van der Waals surface area (Å²) in [7, 11) is 1.66. The van der Waals surface area contributed by atoms with Gasteiger partial charge in [-0.15, -0.1) is 0 Å². The van der Waals surface area contributed by atoms with Gasteiger partial charge in [0.2, 0.25) is 0 Å². The molecular weight excluding hydrogens is 292 g/mol. The van der Waals surface area contributed by atoms with Crippen LogP contribution in [0.15, 0.2) is 52.7 Å². The third-order valence-corrected chi connectivity index (χ3v) is 3.21. The number of rotatable bonds is 5. The second-order valence-electron chi connectivity index (χ2n) is 5.37. The summed E-state index contributed by atoms with van der Waals surface area (Å²) < 4.78 is 10.3. The molecule has 0 unspecified atom stereocenters. The van der Waals surface area contributed by atoms with Crippen LogP contribution < -0.4 is 9.47 Å². The molecule has 0 N–H and O–H groups in total. The molecule has 2 aromatic rings. The molecule has 5 heteroatoms. The molecule has 0 aliphatic heterocycles. The van der Waals surface area contributed by atoms with Gasteiger partial charge in [0, 0.05) is 6.92 Å². The Kier molecular flexibility index (Phi) is 5.46. The van der Waals surface area contributed by atoms with Gasteiger partial charge in [0.25, 0.3) is 0 Å². The van der Waals surface area contributed by atoms with Gasteiger partial charge in [-0.3, -0.25) is 4.79 Å². The van der Waals surface area contributed by atoms with Crippen molar-refractivity contribution in [2.45, 2.75) is 26.7 Å². The van der Waals surface area contributed by atoms with E-state index in [1.165, 1.54) is 6.92 Å². The SMILES string of the molecule is COc1ccc(N=Nc2ccc(OC(C)=O)cc2)cc1C(C)C. The summed E-state index contributed by atoms with van der Waals surface area (Å²) in [6, 6.07) is 12.6. The van der Waals surface area contributed by atoms with Crippen LogP contribution in [-0.4, -0.2) is 13.1 Å². The topological polar surface area (TPSA) is 60.3 Å². The monoisotopic (exact) mass is 312 g/mol. The Morgan fingerprint density at radius 2 is 1.61 bits per heavy atom. The molecule has 120 valence electrons. The van der Waals surface area contributed by atoms with Gasteiger partial charge in [-0.25, -0.2) is 0 Å². The number of ether oxygens (including phenoxy) is 2. The molecule has 2 aromatic carbocycles. The molecule has 0 aliphatic carbocycles. The van der Waals surface area contributed by atoms with Gasteiger partial charge in [-0.2, -0.15) is 10.2 Å². The second kappa shape index (κ2) is 7.54. The molecule has 0 saturated heterocycles. The molecule has 5 nitrogen and oxygen atoms in total. The van der Waals surface area contributed by atoms with Gasteiger partial charge in [-0.1, -0.05) is 13.8 Å². The minimum absolute atomic E-state index is 0.336. The Balaban J connectivity index is 2.16. The highest BCUT2D eigenvalue weighted by Crippen LogP contribution is 2.31.